The number of rotatable bonds is 5. The maximum Gasteiger partial charge on any atom is 0.433 e. The highest BCUT2D eigenvalue weighted by atomic mass is 19.4. The van der Waals surface area contributed by atoms with Gasteiger partial charge in [0.25, 0.3) is 0 Å². The van der Waals surface area contributed by atoms with Crippen LogP contribution in [0.2, 0.25) is 0 Å². The molecule has 0 aromatic carbocycles. The summed E-state index contributed by atoms with van der Waals surface area (Å²) >= 11 is 0. The Bertz CT molecular complexity index is 1200. The number of hydrogen-bond acceptors (Lipinski definition) is 8. The zero-order valence-electron chi connectivity index (χ0n) is 16.5. The molecule has 1 aliphatic heterocycles. The second kappa shape index (κ2) is 7.72. The van der Waals surface area contributed by atoms with E-state index in [4.69, 9.17) is 10.00 Å². The molecule has 1 saturated heterocycles. The first-order valence-corrected chi connectivity index (χ1v) is 9.82. The van der Waals surface area contributed by atoms with Crippen LogP contribution in [-0.2, 0) is 10.9 Å². The van der Waals surface area contributed by atoms with E-state index < -0.39 is 11.9 Å². The van der Waals surface area contributed by atoms with Crippen molar-refractivity contribution in [2.24, 2.45) is 11.8 Å². The van der Waals surface area contributed by atoms with Crippen molar-refractivity contribution in [2.45, 2.75) is 12.2 Å². The van der Waals surface area contributed by atoms with Crippen molar-refractivity contribution >= 4 is 17.3 Å². The summed E-state index contributed by atoms with van der Waals surface area (Å²) < 4.78 is 44.8. The van der Waals surface area contributed by atoms with Crippen molar-refractivity contribution in [3.05, 3.63) is 54.0 Å². The van der Waals surface area contributed by atoms with Gasteiger partial charge >= 0.3 is 6.18 Å². The molecule has 8 nitrogen and oxygen atoms in total. The Kier molecular flexibility index (Phi) is 4.86. The molecule has 0 radical (unpaired) electrons. The van der Waals surface area contributed by atoms with Crippen molar-refractivity contribution in [3.8, 4) is 17.6 Å². The first kappa shape index (κ1) is 20.1. The van der Waals surface area contributed by atoms with Gasteiger partial charge in [-0.25, -0.2) is 19.9 Å². The van der Waals surface area contributed by atoms with Crippen LogP contribution in [0, 0.1) is 23.2 Å². The van der Waals surface area contributed by atoms with Crippen LogP contribution in [0.3, 0.4) is 0 Å². The molecule has 1 saturated carbocycles. The van der Waals surface area contributed by atoms with Crippen molar-refractivity contribution in [2.75, 3.05) is 23.8 Å². The smallest absolute Gasteiger partial charge is 0.381 e. The van der Waals surface area contributed by atoms with Crippen LogP contribution in [0.15, 0.2) is 42.6 Å². The van der Waals surface area contributed by atoms with Gasteiger partial charge in [0.2, 0.25) is 0 Å². The molecule has 0 spiro atoms. The number of hydrogen-bond donors (Lipinski definition) is 2. The van der Waals surface area contributed by atoms with Gasteiger partial charge in [-0.1, -0.05) is 6.07 Å². The maximum absolute atomic E-state index is 13.1. The Balaban J connectivity index is 1.50. The van der Waals surface area contributed by atoms with Gasteiger partial charge in [-0.05, 0) is 24.3 Å². The van der Waals surface area contributed by atoms with Gasteiger partial charge in [-0.3, -0.25) is 0 Å². The fourth-order valence-corrected chi connectivity index (χ4v) is 3.76. The molecule has 3 aromatic heterocycles. The third kappa shape index (κ3) is 4.04. The number of alkyl halides is 3. The Morgan fingerprint density at radius 1 is 1.03 bits per heavy atom. The molecule has 0 bridgehead atoms. The molecule has 2 aliphatic rings. The van der Waals surface area contributed by atoms with Crippen LogP contribution in [-0.4, -0.2) is 39.2 Å². The average molecular weight is 439 g/mol. The molecule has 2 atom stereocenters. The standard InChI is InChI=1S/C21H16F3N7O/c22-21(23,24)16-3-1-2-15(28-16)20-30-17(27-11-4-5-26-12(6-11)8-25)7-18(31-20)29-19-13-9-32-10-14(13)19/h1-7,13-14,19H,9-10H2,(H2,26,27,29,30,31). The predicted octanol–water partition coefficient (Wildman–Crippen LogP) is 3.62. The highest BCUT2D eigenvalue weighted by molar-refractivity contribution is 5.64. The highest BCUT2D eigenvalue weighted by Crippen LogP contribution is 2.46. The van der Waals surface area contributed by atoms with Crippen LogP contribution in [0.1, 0.15) is 11.4 Å². The molecular formula is C21H16F3N7O. The number of nitriles is 1. The summed E-state index contributed by atoms with van der Waals surface area (Å²) in [6, 6.07) is 10.6. The van der Waals surface area contributed by atoms with Crippen LogP contribution < -0.4 is 10.6 Å². The van der Waals surface area contributed by atoms with Gasteiger partial charge in [0.05, 0.1) is 13.2 Å². The van der Waals surface area contributed by atoms with Gasteiger partial charge in [-0.2, -0.15) is 18.4 Å². The first-order valence-electron chi connectivity index (χ1n) is 9.82. The number of pyridine rings is 2. The lowest BCUT2D eigenvalue weighted by molar-refractivity contribution is -0.141. The van der Waals surface area contributed by atoms with Crippen LogP contribution in [0.25, 0.3) is 11.5 Å². The number of anilines is 3. The van der Waals surface area contributed by atoms with Gasteiger partial charge in [0, 0.05) is 35.8 Å². The molecule has 0 amide bonds. The first-order chi connectivity index (χ1) is 15.4. The quantitative estimate of drug-likeness (QED) is 0.621. The molecule has 32 heavy (non-hydrogen) atoms. The summed E-state index contributed by atoms with van der Waals surface area (Å²) in [7, 11) is 0. The molecular weight excluding hydrogens is 423 g/mol. The van der Waals surface area contributed by atoms with Crippen molar-refractivity contribution < 1.29 is 17.9 Å². The van der Waals surface area contributed by atoms with Crippen LogP contribution in [0.5, 0.6) is 0 Å². The second-order valence-electron chi connectivity index (χ2n) is 7.57. The molecule has 2 unspecified atom stereocenters. The maximum atomic E-state index is 13.1. The summed E-state index contributed by atoms with van der Waals surface area (Å²) in [4.78, 5) is 16.4. The summed E-state index contributed by atoms with van der Waals surface area (Å²) in [5, 5.41) is 15.5. The molecule has 162 valence electrons. The third-order valence-corrected chi connectivity index (χ3v) is 5.41. The van der Waals surface area contributed by atoms with E-state index in [9.17, 15) is 13.2 Å². The number of ether oxygens (including phenoxy) is 1. The Hall–Kier alpha value is -3.78. The molecule has 5 rings (SSSR count). The van der Waals surface area contributed by atoms with Crippen LogP contribution in [0.4, 0.5) is 30.5 Å². The Morgan fingerprint density at radius 3 is 2.56 bits per heavy atom. The lowest BCUT2D eigenvalue weighted by Crippen LogP contribution is -2.14. The third-order valence-electron chi connectivity index (χ3n) is 5.41. The van der Waals surface area contributed by atoms with E-state index >= 15 is 0 Å². The highest BCUT2D eigenvalue weighted by Gasteiger charge is 2.54. The minimum absolute atomic E-state index is 0.00158. The summed E-state index contributed by atoms with van der Waals surface area (Å²) in [6.45, 7) is 1.35. The van der Waals surface area contributed by atoms with Gasteiger partial charge in [0.15, 0.2) is 5.82 Å². The normalized spacial score (nSPS) is 21.5. The number of fused-ring (bicyclic) bond motifs is 1. The Labute approximate surface area is 180 Å². The van der Waals surface area contributed by atoms with Gasteiger partial charge < -0.3 is 15.4 Å². The largest absolute Gasteiger partial charge is 0.433 e. The molecule has 2 fully saturated rings. The fraction of sp³-hybridized carbons (Fsp3) is 0.286. The van der Waals surface area contributed by atoms with E-state index in [1.54, 1.807) is 18.2 Å². The van der Waals surface area contributed by atoms with E-state index in [1.165, 1.54) is 18.3 Å². The van der Waals surface area contributed by atoms with Crippen molar-refractivity contribution in [1.82, 2.24) is 19.9 Å². The van der Waals surface area contributed by atoms with Crippen molar-refractivity contribution in [3.63, 3.8) is 0 Å². The number of nitrogens with one attached hydrogen (secondary N) is 2. The minimum atomic E-state index is -4.58. The topological polar surface area (TPSA) is 109 Å². The minimum Gasteiger partial charge on any atom is -0.381 e. The van der Waals surface area contributed by atoms with E-state index in [0.717, 1.165) is 6.07 Å². The van der Waals surface area contributed by atoms with E-state index in [1.807, 2.05) is 6.07 Å². The fourth-order valence-electron chi connectivity index (χ4n) is 3.76. The molecule has 1 aliphatic carbocycles. The van der Waals surface area contributed by atoms with E-state index in [-0.39, 0.29) is 23.3 Å². The zero-order chi connectivity index (χ0) is 22.3. The molecule has 11 heteroatoms. The predicted molar refractivity (Wildman–Crippen MR) is 108 cm³/mol. The number of aromatic nitrogens is 4. The van der Waals surface area contributed by atoms with Gasteiger partial charge in [0.1, 0.15) is 34.8 Å². The molecule has 4 heterocycles. The van der Waals surface area contributed by atoms with Crippen molar-refractivity contribution in [1.29, 1.82) is 5.26 Å². The number of halogens is 3. The average Bonchev–Trinajstić information content (AvgIpc) is 3.18. The lowest BCUT2D eigenvalue weighted by atomic mass is 10.2. The SMILES string of the molecule is N#Cc1cc(Nc2cc(NC3C4COCC43)nc(-c3cccc(C(F)(F)F)n3)n2)ccn1. The molecule has 2 N–H and O–H groups in total. The van der Waals surface area contributed by atoms with E-state index in [2.05, 4.69) is 30.6 Å². The Morgan fingerprint density at radius 2 is 1.81 bits per heavy atom. The lowest BCUT2D eigenvalue weighted by Gasteiger charge is -2.13. The summed E-state index contributed by atoms with van der Waals surface area (Å²) in [5.74, 6) is 1.64. The monoisotopic (exact) mass is 439 g/mol. The van der Waals surface area contributed by atoms with Gasteiger partial charge in [-0.15, -0.1) is 0 Å². The summed E-state index contributed by atoms with van der Waals surface area (Å²) in [6.07, 6.45) is -3.11. The molecule has 3 aromatic rings. The van der Waals surface area contributed by atoms with E-state index in [0.29, 0.717) is 42.4 Å². The second-order valence-corrected chi connectivity index (χ2v) is 7.57. The number of nitrogens with zero attached hydrogens (tertiary/aromatic N) is 5. The van der Waals surface area contributed by atoms with Crippen LogP contribution >= 0.6 is 0 Å². The zero-order valence-corrected chi connectivity index (χ0v) is 16.5. The summed E-state index contributed by atoms with van der Waals surface area (Å²) in [5.41, 5.74) is -0.250.